The van der Waals surface area contributed by atoms with Crippen molar-refractivity contribution < 1.29 is 14.3 Å². The molecule has 0 atom stereocenters. The fourth-order valence-corrected chi connectivity index (χ4v) is 2.96. The zero-order valence-corrected chi connectivity index (χ0v) is 16.5. The van der Waals surface area contributed by atoms with Crippen molar-refractivity contribution in [2.45, 2.75) is 26.0 Å². The van der Waals surface area contributed by atoms with Crippen molar-refractivity contribution in [3.8, 4) is 5.75 Å². The van der Waals surface area contributed by atoms with Crippen LogP contribution in [0, 0.1) is 0 Å². The maximum Gasteiger partial charge on any atom is 0.267 e. The third kappa shape index (κ3) is 5.70. The largest absolute Gasteiger partial charge is 0.478 e. The van der Waals surface area contributed by atoms with E-state index in [1.165, 1.54) is 5.56 Å². The van der Waals surface area contributed by atoms with Gasteiger partial charge in [0.25, 0.3) is 5.91 Å². The topological polar surface area (TPSA) is 50.8 Å². The summed E-state index contributed by atoms with van der Waals surface area (Å²) < 4.78 is 11.2. The summed E-state index contributed by atoms with van der Waals surface area (Å²) in [4.78, 5) is 15.0. The maximum atomic E-state index is 12.6. The molecule has 6 heteroatoms. The summed E-state index contributed by atoms with van der Waals surface area (Å²) in [5.41, 5.74) is 0.949. The summed E-state index contributed by atoms with van der Waals surface area (Å²) in [7, 11) is 0. The number of morpholine rings is 1. The molecule has 0 spiro atoms. The SMILES string of the molecule is CC(C)(Oc1ccc(Cl)cc1)C(=O)Nc1ccc(CN2CCOCC2)cc1. The van der Waals surface area contributed by atoms with Gasteiger partial charge in [-0.05, 0) is 55.8 Å². The minimum absolute atomic E-state index is 0.210. The lowest BCUT2D eigenvalue weighted by Gasteiger charge is -2.27. The summed E-state index contributed by atoms with van der Waals surface area (Å²) in [5, 5.41) is 3.55. The molecule has 2 aromatic carbocycles. The van der Waals surface area contributed by atoms with Crippen molar-refractivity contribution in [2.24, 2.45) is 0 Å². The molecule has 27 heavy (non-hydrogen) atoms. The van der Waals surface area contributed by atoms with Crippen LogP contribution in [0.2, 0.25) is 5.02 Å². The fraction of sp³-hybridized carbons (Fsp3) is 0.381. The first-order valence-electron chi connectivity index (χ1n) is 9.07. The van der Waals surface area contributed by atoms with E-state index >= 15 is 0 Å². The molecule has 0 aromatic heterocycles. The van der Waals surface area contributed by atoms with Crippen molar-refractivity contribution >= 4 is 23.2 Å². The summed E-state index contributed by atoms with van der Waals surface area (Å²) in [6.07, 6.45) is 0. The highest BCUT2D eigenvalue weighted by molar-refractivity contribution is 6.30. The van der Waals surface area contributed by atoms with E-state index in [-0.39, 0.29) is 5.91 Å². The first-order valence-corrected chi connectivity index (χ1v) is 9.45. The molecular formula is C21H25ClN2O3. The predicted molar refractivity (Wildman–Crippen MR) is 107 cm³/mol. The molecule has 0 aliphatic carbocycles. The lowest BCUT2D eigenvalue weighted by molar-refractivity contribution is -0.128. The molecule has 0 unspecified atom stereocenters. The maximum absolute atomic E-state index is 12.6. The highest BCUT2D eigenvalue weighted by Gasteiger charge is 2.30. The van der Waals surface area contributed by atoms with Crippen LogP contribution in [0.4, 0.5) is 5.69 Å². The number of hydrogen-bond donors (Lipinski definition) is 1. The zero-order valence-electron chi connectivity index (χ0n) is 15.7. The van der Waals surface area contributed by atoms with E-state index in [1.807, 2.05) is 24.3 Å². The average Bonchev–Trinajstić information content (AvgIpc) is 2.66. The van der Waals surface area contributed by atoms with E-state index in [2.05, 4.69) is 10.2 Å². The smallest absolute Gasteiger partial charge is 0.267 e. The Morgan fingerprint density at radius 2 is 1.74 bits per heavy atom. The second kappa shape index (κ2) is 8.74. The van der Waals surface area contributed by atoms with Crippen molar-refractivity contribution in [2.75, 3.05) is 31.6 Å². The minimum Gasteiger partial charge on any atom is -0.478 e. The molecule has 1 heterocycles. The highest BCUT2D eigenvalue weighted by Crippen LogP contribution is 2.22. The Balaban J connectivity index is 1.56. The van der Waals surface area contributed by atoms with Crippen LogP contribution in [0.3, 0.4) is 0 Å². The molecule has 1 aliphatic heterocycles. The number of halogens is 1. The van der Waals surface area contributed by atoms with Gasteiger partial charge in [0, 0.05) is 30.3 Å². The molecule has 5 nitrogen and oxygen atoms in total. The molecule has 1 aliphatic rings. The molecule has 0 bridgehead atoms. The Morgan fingerprint density at radius 3 is 2.37 bits per heavy atom. The van der Waals surface area contributed by atoms with Gasteiger partial charge in [0.1, 0.15) is 5.75 Å². The van der Waals surface area contributed by atoms with Gasteiger partial charge in [-0.1, -0.05) is 23.7 Å². The molecule has 1 saturated heterocycles. The van der Waals surface area contributed by atoms with Crippen LogP contribution in [0.15, 0.2) is 48.5 Å². The number of ether oxygens (including phenoxy) is 2. The Hall–Kier alpha value is -2.08. The van der Waals surface area contributed by atoms with E-state index in [0.717, 1.165) is 38.5 Å². The number of carbonyl (C=O) groups is 1. The van der Waals surface area contributed by atoms with Crippen LogP contribution in [0.25, 0.3) is 0 Å². The van der Waals surface area contributed by atoms with Gasteiger partial charge in [0.2, 0.25) is 0 Å². The van der Waals surface area contributed by atoms with E-state index in [9.17, 15) is 4.79 Å². The number of amides is 1. The normalized spacial score (nSPS) is 15.4. The molecule has 1 amide bonds. The summed E-state index contributed by atoms with van der Waals surface area (Å²) >= 11 is 5.88. The summed E-state index contributed by atoms with van der Waals surface area (Å²) in [6, 6.07) is 14.9. The Labute approximate surface area is 165 Å². The van der Waals surface area contributed by atoms with Crippen molar-refractivity contribution in [1.82, 2.24) is 4.90 Å². The van der Waals surface area contributed by atoms with Gasteiger partial charge in [-0.15, -0.1) is 0 Å². The molecule has 0 saturated carbocycles. The van der Waals surface area contributed by atoms with Crippen molar-refractivity contribution in [1.29, 1.82) is 0 Å². The van der Waals surface area contributed by atoms with Gasteiger partial charge in [-0.3, -0.25) is 9.69 Å². The predicted octanol–water partition coefficient (Wildman–Crippen LogP) is 3.97. The molecule has 2 aromatic rings. The van der Waals surface area contributed by atoms with Crippen LogP contribution in [0.5, 0.6) is 5.75 Å². The van der Waals surface area contributed by atoms with Gasteiger partial charge >= 0.3 is 0 Å². The zero-order chi connectivity index (χ0) is 19.3. The highest BCUT2D eigenvalue weighted by atomic mass is 35.5. The minimum atomic E-state index is -1.01. The summed E-state index contributed by atoms with van der Waals surface area (Å²) in [6.45, 7) is 7.85. The summed E-state index contributed by atoms with van der Waals surface area (Å²) in [5.74, 6) is 0.388. The van der Waals surface area contributed by atoms with Gasteiger partial charge in [0.05, 0.1) is 13.2 Å². The average molecular weight is 389 g/mol. The lowest BCUT2D eigenvalue weighted by Crippen LogP contribution is -2.42. The molecule has 144 valence electrons. The van der Waals surface area contributed by atoms with Gasteiger partial charge < -0.3 is 14.8 Å². The second-order valence-electron chi connectivity index (χ2n) is 7.11. The Kier molecular flexibility index (Phi) is 6.37. The third-order valence-electron chi connectivity index (χ3n) is 4.46. The number of benzene rings is 2. The fourth-order valence-electron chi connectivity index (χ4n) is 2.84. The van der Waals surface area contributed by atoms with E-state index in [4.69, 9.17) is 21.1 Å². The first-order chi connectivity index (χ1) is 12.9. The second-order valence-corrected chi connectivity index (χ2v) is 7.54. The van der Waals surface area contributed by atoms with E-state index in [1.54, 1.807) is 38.1 Å². The molecule has 1 fully saturated rings. The monoisotopic (exact) mass is 388 g/mol. The molecule has 3 rings (SSSR count). The molecular weight excluding hydrogens is 364 g/mol. The van der Waals surface area contributed by atoms with Crippen LogP contribution in [-0.2, 0) is 16.1 Å². The molecule has 0 radical (unpaired) electrons. The number of nitrogens with one attached hydrogen (secondary N) is 1. The van der Waals surface area contributed by atoms with Crippen LogP contribution >= 0.6 is 11.6 Å². The number of nitrogens with zero attached hydrogens (tertiary/aromatic N) is 1. The standard InChI is InChI=1S/C21H25ClN2O3/c1-21(2,27-19-9-5-17(22)6-10-19)20(25)23-18-7-3-16(4-8-18)15-24-11-13-26-14-12-24/h3-10H,11-15H2,1-2H3,(H,23,25). The first kappa shape index (κ1) is 19.7. The molecule has 1 N–H and O–H groups in total. The number of carbonyl (C=O) groups excluding carboxylic acids is 1. The number of rotatable bonds is 6. The van der Waals surface area contributed by atoms with Gasteiger partial charge in [-0.2, -0.15) is 0 Å². The van der Waals surface area contributed by atoms with Crippen molar-refractivity contribution in [3.05, 3.63) is 59.1 Å². The Bertz CT molecular complexity index is 754. The van der Waals surface area contributed by atoms with Crippen LogP contribution in [-0.4, -0.2) is 42.7 Å². The van der Waals surface area contributed by atoms with Gasteiger partial charge in [0.15, 0.2) is 5.60 Å². The Morgan fingerprint density at radius 1 is 1.11 bits per heavy atom. The van der Waals surface area contributed by atoms with E-state index in [0.29, 0.717) is 10.8 Å². The number of hydrogen-bond acceptors (Lipinski definition) is 4. The number of anilines is 1. The van der Waals surface area contributed by atoms with Crippen LogP contribution < -0.4 is 10.1 Å². The quantitative estimate of drug-likeness (QED) is 0.813. The lowest BCUT2D eigenvalue weighted by atomic mass is 10.1. The van der Waals surface area contributed by atoms with Crippen LogP contribution in [0.1, 0.15) is 19.4 Å². The third-order valence-corrected chi connectivity index (χ3v) is 4.71. The van der Waals surface area contributed by atoms with Gasteiger partial charge in [-0.25, -0.2) is 0 Å². The van der Waals surface area contributed by atoms with Crippen molar-refractivity contribution in [3.63, 3.8) is 0 Å². The van der Waals surface area contributed by atoms with E-state index < -0.39 is 5.60 Å².